The average molecular weight is 217 g/mol. The second-order valence-corrected chi connectivity index (χ2v) is 4.19. The number of hydrogen-bond donors (Lipinski definition) is 1. The molecule has 1 nitrogen and oxygen atoms in total. The molecule has 3 heteroatoms. The van der Waals surface area contributed by atoms with Gasteiger partial charge in [0.05, 0.1) is 0 Å². The highest BCUT2D eigenvalue weighted by Crippen LogP contribution is 2.32. The van der Waals surface area contributed by atoms with E-state index >= 15 is 0 Å². The zero-order valence-electron chi connectivity index (χ0n) is 7.75. The second kappa shape index (κ2) is 4.89. The smallest absolute Gasteiger partial charge is 0.0498 e. The van der Waals surface area contributed by atoms with Crippen molar-refractivity contribution in [2.75, 3.05) is 12.9 Å². The number of benzene rings is 1. The number of rotatable bonds is 3. The van der Waals surface area contributed by atoms with E-state index in [4.69, 9.17) is 16.7 Å². The molecule has 1 rings (SSSR count). The normalized spacial score (nSPS) is 12.9. The maximum absolute atomic E-state index is 9.06. The molecule has 13 heavy (non-hydrogen) atoms. The topological polar surface area (TPSA) is 20.2 Å². The molecule has 0 aromatic heterocycles. The second-order valence-electron chi connectivity index (χ2n) is 2.94. The fraction of sp³-hybridized carbons (Fsp3) is 0.400. The van der Waals surface area contributed by atoms with Crippen LogP contribution in [-0.4, -0.2) is 18.0 Å². The molecule has 0 aliphatic rings. The van der Waals surface area contributed by atoms with E-state index in [9.17, 15) is 0 Å². The number of halogens is 1. The van der Waals surface area contributed by atoms with E-state index < -0.39 is 0 Å². The van der Waals surface area contributed by atoms with Crippen molar-refractivity contribution in [3.8, 4) is 0 Å². The Kier molecular flexibility index (Phi) is 4.10. The van der Waals surface area contributed by atoms with Gasteiger partial charge >= 0.3 is 0 Å². The van der Waals surface area contributed by atoms with Gasteiger partial charge in [-0.1, -0.05) is 24.6 Å². The Morgan fingerprint density at radius 2 is 2.23 bits per heavy atom. The van der Waals surface area contributed by atoms with Gasteiger partial charge in [-0.2, -0.15) is 0 Å². The van der Waals surface area contributed by atoms with Crippen LogP contribution in [0.15, 0.2) is 23.1 Å². The van der Waals surface area contributed by atoms with Gasteiger partial charge in [0.2, 0.25) is 0 Å². The Morgan fingerprint density at radius 1 is 1.54 bits per heavy atom. The molecule has 1 aromatic rings. The van der Waals surface area contributed by atoms with Crippen LogP contribution in [0, 0.1) is 0 Å². The molecule has 0 spiro atoms. The Bertz CT molecular complexity index is 288. The summed E-state index contributed by atoms with van der Waals surface area (Å²) in [7, 11) is 0. The van der Waals surface area contributed by atoms with Gasteiger partial charge in [-0.25, -0.2) is 0 Å². The molecular formula is C10H13ClOS. The molecule has 1 unspecified atom stereocenters. The van der Waals surface area contributed by atoms with Crippen molar-refractivity contribution < 1.29 is 5.11 Å². The van der Waals surface area contributed by atoms with E-state index in [1.165, 1.54) is 0 Å². The molecule has 1 atom stereocenters. The summed E-state index contributed by atoms with van der Waals surface area (Å²) in [4.78, 5) is 1.15. The highest BCUT2D eigenvalue weighted by Gasteiger charge is 2.12. The lowest BCUT2D eigenvalue weighted by atomic mass is 10.0. The number of aliphatic hydroxyl groups is 1. The highest BCUT2D eigenvalue weighted by molar-refractivity contribution is 7.98. The fourth-order valence-electron chi connectivity index (χ4n) is 1.26. The van der Waals surface area contributed by atoms with E-state index in [1.807, 2.05) is 31.4 Å². The van der Waals surface area contributed by atoms with E-state index in [1.54, 1.807) is 11.8 Å². The summed E-state index contributed by atoms with van der Waals surface area (Å²) in [5, 5.41) is 9.81. The van der Waals surface area contributed by atoms with Gasteiger partial charge in [-0.05, 0) is 24.0 Å². The molecule has 0 bridgehead atoms. The summed E-state index contributed by atoms with van der Waals surface area (Å²) in [5.41, 5.74) is 1.05. The minimum absolute atomic E-state index is 0.108. The van der Waals surface area contributed by atoms with Crippen LogP contribution in [0.2, 0.25) is 5.02 Å². The lowest BCUT2D eigenvalue weighted by Gasteiger charge is -2.14. The molecule has 0 amide bonds. The van der Waals surface area contributed by atoms with Crippen LogP contribution in [0.3, 0.4) is 0 Å². The first-order chi connectivity index (χ1) is 6.20. The first kappa shape index (κ1) is 10.9. The number of hydrogen-bond acceptors (Lipinski definition) is 2. The maximum atomic E-state index is 9.06. The summed E-state index contributed by atoms with van der Waals surface area (Å²) < 4.78 is 0. The van der Waals surface area contributed by atoms with Crippen LogP contribution >= 0.6 is 23.4 Å². The van der Waals surface area contributed by atoms with Gasteiger partial charge in [-0.15, -0.1) is 11.8 Å². The van der Waals surface area contributed by atoms with Crippen molar-refractivity contribution in [2.45, 2.75) is 17.7 Å². The van der Waals surface area contributed by atoms with Crippen LogP contribution in [0.4, 0.5) is 0 Å². The first-order valence-corrected chi connectivity index (χ1v) is 5.74. The molecule has 0 saturated carbocycles. The lowest BCUT2D eigenvalue weighted by Crippen LogP contribution is -2.01. The minimum Gasteiger partial charge on any atom is -0.396 e. The summed E-state index contributed by atoms with van der Waals surface area (Å²) in [6.45, 7) is 2.11. The van der Waals surface area contributed by atoms with Crippen molar-refractivity contribution in [3.05, 3.63) is 28.8 Å². The zero-order valence-corrected chi connectivity index (χ0v) is 9.32. The monoisotopic (exact) mass is 216 g/mol. The largest absolute Gasteiger partial charge is 0.396 e. The van der Waals surface area contributed by atoms with Gasteiger partial charge in [-0.3, -0.25) is 0 Å². The fourth-order valence-corrected chi connectivity index (χ4v) is 2.43. The summed E-state index contributed by atoms with van der Waals surface area (Å²) in [5.74, 6) is 0.108. The molecular weight excluding hydrogens is 204 g/mol. The third-order valence-corrected chi connectivity index (χ3v) is 3.12. The highest BCUT2D eigenvalue weighted by atomic mass is 35.5. The predicted molar refractivity (Wildman–Crippen MR) is 58.7 cm³/mol. The Hall–Kier alpha value is -0.180. The summed E-state index contributed by atoms with van der Waals surface area (Å²) in [6.07, 6.45) is 2.01. The van der Waals surface area contributed by atoms with Gasteiger partial charge < -0.3 is 5.11 Å². The van der Waals surface area contributed by atoms with Crippen LogP contribution in [-0.2, 0) is 0 Å². The molecule has 0 heterocycles. The quantitative estimate of drug-likeness (QED) is 0.784. The molecule has 0 radical (unpaired) electrons. The van der Waals surface area contributed by atoms with Crippen molar-refractivity contribution in [1.82, 2.24) is 0 Å². The van der Waals surface area contributed by atoms with E-state index in [2.05, 4.69) is 0 Å². The Balaban J connectivity index is 3.14. The Morgan fingerprint density at radius 3 is 2.77 bits per heavy atom. The van der Waals surface area contributed by atoms with Crippen molar-refractivity contribution in [1.29, 1.82) is 0 Å². The van der Waals surface area contributed by atoms with Gasteiger partial charge in [0, 0.05) is 22.4 Å². The third-order valence-electron chi connectivity index (χ3n) is 2.00. The first-order valence-electron chi connectivity index (χ1n) is 4.14. The number of thioether (sulfide) groups is 1. The number of aliphatic hydroxyl groups excluding tert-OH is 1. The van der Waals surface area contributed by atoms with Gasteiger partial charge in [0.25, 0.3) is 0 Å². The average Bonchev–Trinajstić information content (AvgIpc) is 2.16. The predicted octanol–water partition coefficient (Wildman–Crippen LogP) is 3.16. The minimum atomic E-state index is 0.108. The van der Waals surface area contributed by atoms with E-state index in [0.29, 0.717) is 0 Å². The van der Waals surface area contributed by atoms with Crippen LogP contribution in [0.5, 0.6) is 0 Å². The van der Waals surface area contributed by atoms with Gasteiger partial charge in [0.1, 0.15) is 0 Å². The van der Waals surface area contributed by atoms with Crippen LogP contribution in [0.1, 0.15) is 18.4 Å². The molecule has 72 valence electrons. The van der Waals surface area contributed by atoms with Crippen LogP contribution in [0.25, 0.3) is 0 Å². The molecule has 1 aromatic carbocycles. The SMILES string of the molecule is CSc1cccc(Cl)c1C(C)CO. The lowest BCUT2D eigenvalue weighted by molar-refractivity contribution is 0.272. The standard InChI is InChI=1S/C10H13ClOS/c1-7(6-12)10-8(11)4-3-5-9(10)13-2/h3-5,7,12H,6H2,1-2H3. The van der Waals surface area contributed by atoms with Crippen molar-refractivity contribution in [2.24, 2.45) is 0 Å². The summed E-state index contributed by atoms with van der Waals surface area (Å²) in [6, 6.07) is 5.82. The summed E-state index contributed by atoms with van der Waals surface area (Å²) >= 11 is 7.72. The van der Waals surface area contributed by atoms with E-state index in [-0.39, 0.29) is 12.5 Å². The molecule has 0 aliphatic heterocycles. The molecule has 1 N–H and O–H groups in total. The van der Waals surface area contributed by atoms with E-state index in [0.717, 1.165) is 15.5 Å². The van der Waals surface area contributed by atoms with Crippen LogP contribution < -0.4 is 0 Å². The maximum Gasteiger partial charge on any atom is 0.0498 e. The third kappa shape index (κ3) is 2.39. The van der Waals surface area contributed by atoms with Crippen molar-refractivity contribution in [3.63, 3.8) is 0 Å². The molecule has 0 saturated heterocycles. The Labute approximate surface area is 88.1 Å². The zero-order chi connectivity index (χ0) is 9.84. The molecule has 0 fully saturated rings. The van der Waals surface area contributed by atoms with Crippen molar-refractivity contribution >= 4 is 23.4 Å². The molecule has 0 aliphatic carbocycles. The van der Waals surface area contributed by atoms with Gasteiger partial charge in [0.15, 0.2) is 0 Å².